The summed E-state index contributed by atoms with van der Waals surface area (Å²) in [5.41, 5.74) is 0.512. The van der Waals surface area contributed by atoms with Crippen molar-refractivity contribution in [1.82, 2.24) is 5.32 Å². The van der Waals surface area contributed by atoms with E-state index in [9.17, 15) is 17.8 Å². The molecule has 0 bridgehead atoms. The maximum absolute atomic E-state index is 11.0. The Kier molecular flexibility index (Phi) is 20.1. The van der Waals surface area contributed by atoms with Gasteiger partial charge in [0.2, 0.25) is 0 Å². The molecular weight excluding hydrogens is 442 g/mol. The molecule has 0 atom stereocenters. The van der Waals surface area contributed by atoms with Crippen LogP contribution in [0.1, 0.15) is 79.1 Å². The molecule has 9 heteroatoms. The number of hydrogen-bond donors (Lipinski definition) is 2. The zero-order chi connectivity index (χ0) is 24.3. The lowest BCUT2D eigenvalue weighted by molar-refractivity contribution is -0.929. The third-order valence-corrected chi connectivity index (χ3v) is 5.88. The number of urea groups is 1. The monoisotopic (exact) mass is 489 g/mol. The summed E-state index contributed by atoms with van der Waals surface area (Å²) in [4.78, 5) is 11.0. The number of hydrogen-bond acceptors (Lipinski definition) is 4. The third kappa shape index (κ3) is 18.4. The van der Waals surface area contributed by atoms with Crippen molar-refractivity contribution in [2.45, 2.75) is 79.1 Å². The second kappa shape index (κ2) is 19.8. The molecule has 8 nitrogen and oxygen atoms in total. The quantitative estimate of drug-likeness (QED) is 0.278. The van der Waals surface area contributed by atoms with Crippen LogP contribution < -0.4 is 10.6 Å². The Hall–Kier alpha value is -1.68. The van der Waals surface area contributed by atoms with Gasteiger partial charge in [-0.2, -0.15) is 0 Å². The van der Waals surface area contributed by atoms with Crippen molar-refractivity contribution in [2.24, 2.45) is 0 Å². The lowest BCUT2D eigenvalue weighted by Gasteiger charge is -2.39. The second-order valence-electron chi connectivity index (χ2n) is 8.35. The summed E-state index contributed by atoms with van der Waals surface area (Å²) in [6.07, 6.45) is 11.1. The Balaban J connectivity index is 0. The van der Waals surface area contributed by atoms with Gasteiger partial charge in [-0.25, -0.2) is 13.2 Å². The maximum Gasteiger partial charge on any atom is 0.320 e. The molecule has 0 aliphatic carbocycles. The van der Waals surface area contributed by atoms with Gasteiger partial charge in [0.25, 0.3) is 0 Å². The van der Waals surface area contributed by atoms with E-state index in [1.165, 1.54) is 82.0 Å². The number of para-hydroxylation sites is 1. The Morgan fingerprint density at radius 3 is 1.55 bits per heavy atom. The molecule has 1 aromatic carbocycles. The predicted octanol–water partition coefficient (Wildman–Crippen LogP) is 4.49. The van der Waals surface area contributed by atoms with Crippen LogP contribution in [-0.4, -0.2) is 61.0 Å². The summed E-state index contributed by atoms with van der Waals surface area (Å²) in [7, 11) is -4.43. The molecule has 0 saturated carbocycles. The molecule has 0 aliphatic rings. The topological polar surface area (TPSA) is 130 Å². The molecule has 0 aromatic heterocycles. The molecular formula is C24H47N3O5S. The highest BCUT2D eigenvalue weighted by Gasteiger charge is 2.24. The molecule has 0 saturated heterocycles. The molecule has 33 heavy (non-hydrogen) atoms. The van der Waals surface area contributed by atoms with E-state index >= 15 is 0 Å². The number of nitrogens with one attached hydrogen (secondary N) is 2. The first-order chi connectivity index (χ1) is 15.2. The molecule has 0 spiro atoms. The first-order valence-corrected chi connectivity index (χ1v) is 13.7. The molecule has 0 aliphatic heterocycles. The van der Waals surface area contributed by atoms with Gasteiger partial charge in [-0.05, 0) is 37.8 Å². The zero-order valence-electron chi connectivity index (χ0n) is 21.1. The van der Waals surface area contributed by atoms with Crippen molar-refractivity contribution in [3.8, 4) is 0 Å². The average Bonchev–Trinajstić information content (AvgIpc) is 2.77. The van der Waals surface area contributed by atoms with Gasteiger partial charge in [-0.3, -0.25) is 0 Å². The van der Waals surface area contributed by atoms with Gasteiger partial charge in [-0.1, -0.05) is 71.6 Å². The van der Waals surface area contributed by atoms with Crippen molar-refractivity contribution in [3.63, 3.8) is 0 Å². The van der Waals surface area contributed by atoms with Gasteiger partial charge in [0.05, 0.1) is 26.2 Å². The average molecular weight is 490 g/mol. The molecule has 0 radical (unpaired) electrons. The summed E-state index contributed by atoms with van der Waals surface area (Å²) < 4.78 is 32.0. The normalized spacial score (nSPS) is 11.1. The van der Waals surface area contributed by atoms with Gasteiger partial charge >= 0.3 is 6.03 Å². The van der Waals surface area contributed by atoms with Crippen LogP contribution in [0.25, 0.3) is 0 Å². The van der Waals surface area contributed by atoms with E-state index in [-0.39, 0.29) is 5.48 Å². The molecule has 0 unspecified atom stereocenters. The summed E-state index contributed by atoms with van der Waals surface area (Å²) in [5, 5.41) is 4.28. The van der Waals surface area contributed by atoms with E-state index in [0.717, 1.165) is 0 Å². The molecule has 0 fully saturated rings. The van der Waals surface area contributed by atoms with Crippen LogP contribution in [0.15, 0.2) is 30.3 Å². The van der Waals surface area contributed by atoms with E-state index in [1.54, 1.807) is 30.3 Å². The number of quaternary nitrogens is 1. The summed E-state index contributed by atoms with van der Waals surface area (Å²) in [6, 6.07) is 7.71. The number of unbranched alkanes of at least 4 members (excludes halogenated alkanes) is 4. The van der Waals surface area contributed by atoms with Crippen molar-refractivity contribution in [3.05, 3.63) is 30.3 Å². The number of carbonyl (C=O) groups is 1. The van der Waals surface area contributed by atoms with Gasteiger partial charge in [-0.15, -0.1) is 0 Å². The lowest BCUT2D eigenvalue weighted by Crippen LogP contribution is -2.50. The Morgan fingerprint density at radius 2 is 1.21 bits per heavy atom. The lowest BCUT2D eigenvalue weighted by atomic mass is 10.1. The fraction of sp³-hybridized carbons (Fsp3) is 0.708. The van der Waals surface area contributed by atoms with Gasteiger partial charge in [0.15, 0.2) is 0 Å². The summed E-state index contributed by atoms with van der Waals surface area (Å²) in [5.74, 6) is -0.925. The van der Waals surface area contributed by atoms with Gasteiger partial charge in [0.1, 0.15) is 16.0 Å². The van der Waals surface area contributed by atoms with E-state index < -0.39 is 22.0 Å². The van der Waals surface area contributed by atoms with Crippen LogP contribution >= 0.6 is 0 Å². The minimum Gasteiger partial charge on any atom is -0.747 e. The first-order valence-electron chi connectivity index (χ1n) is 12.1. The molecule has 2 amide bonds. The Bertz CT molecular complexity index is 662. The highest BCUT2D eigenvalue weighted by molar-refractivity contribution is 7.85. The summed E-state index contributed by atoms with van der Waals surface area (Å²) in [6.45, 7) is 15.0. The molecule has 1 rings (SSSR count). The first kappa shape index (κ1) is 33.5. The predicted molar refractivity (Wildman–Crippen MR) is 136 cm³/mol. The fourth-order valence-corrected chi connectivity index (χ4v) is 3.80. The fourth-order valence-electron chi connectivity index (χ4n) is 3.50. The standard InChI is InChI=1S/C16H36N.C8H10N2O4S.H2O/c1-5-9-13-17(14-10-6-2,15-11-7-3)16-12-8-4;11-8(9-6-15(12,13)14)10-7-4-2-1-3-5-7;/h5-16H2,1-4H3;1-5H,6H2,(H2,9,10,11)(H,12,13,14);1H2/q+1;;/p-1. The Labute approximate surface area is 201 Å². The smallest absolute Gasteiger partial charge is 0.320 e. The van der Waals surface area contributed by atoms with Crippen molar-refractivity contribution >= 4 is 21.8 Å². The van der Waals surface area contributed by atoms with Gasteiger partial charge < -0.3 is 25.1 Å². The second-order valence-corrected chi connectivity index (χ2v) is 9.75. The molecule has 0 heterocycles. The van der Waals surface area contributed by atoms with Crippen molar-refractivity contribution in [2.75, 3.05) is 37.4 Å². The number of nitrogens with zero attached hydrogens (tertiary/aromatic N) is 1. The Morgan fingerprint density at radius 1 is 0.818 bits per heavy atom. The number of benzene rings is 1. The summed E-state index contributed by atoms with van der Waals surface area (Å²) >= 11 is 0. The van der Waals surface area contributed by atoms with Crippen LogP contribution in [0.5, 0.6) is 0 Å². The highest BCUT2D eigenvalue weighted by Crippen LogP contribution is 2.16. The van der Waals surface area contributed by atoms with Crippen LogP contribution in [-0.2, 0) is 10.1 Å². The number of carbonyl (C=O) groups excluding carboxylic acids is 1. The van der Waals surface area contributed by atoms with Crippen molar-refractivity contribution in [1.29, 1.82) is 0 Å². The van der Waals surface area contributed by atoms with Gasteiger partial charge in [0, 0.05) is 5.69 Å². The van der Waals surface area contributed by atoms with Crippen LogP contribution in [0.2, 0.25) is 0 Å². The number of rotatable bonds is 15. The van der Waals surface area contributed by atoms with Crippen LogP contribution in [0.3, 0.4) is 0 Å². The minimum absolute atomic E-state index is 0. The zero-order valence-corrected chi connectivity index (χ0v) is 21.9. The molecule has 194 valence electrons. The van der Waals surface area contributed by atoms with Crippen LogP contribution in [0.4, 0.5) is 10.5 Å². The number of anilines is 1. The molecule has 1 aromatic rings. The minimum atomic E-state index is -4.43. The molecule has 4 N–H and O–H groups in total. The van der Waals surface area contributed by atoms with E-state index in [2.05, 4.69) is 33.0 Å². The highest BCUT2D eigenvalue weighted by atomic mass is 32.2. The largest absolute Gasteiger partial charge is 0.747 e. The number of amides is 2. The SMILES string of the molecule is CCCC[N+](CCCC)(CCCC)CCCC.O.O=C(NCS(=O)(=O)[O-])Nc1ccccc1. The van der Waals surface area contributed by atoms with E-state index in [0.29, 0.717) is 5.69 Å². The van der Waals surface area contributed by atoms with Crippen LogP contribution in [0, 0.1) is 0 Å². The third-order valence-electron chi connectivity index (χ3n) is 5.39. The maximum atomic E-state index is 11.0. The van der Waals surface area contributed by atoms with E-state index in [1.807, 2.05) is 5.32 Å². The van der Waals surface area contributed by atoms with E-state index in [4.69, 9.17) is 0 Å². The van der Waals surface area contributed by atoms with Crippen molar-refractivity contribution < 1.29 is 27.7 Å².